The number of hydrogen-bond acceptors (Lipinski definition) is 6. The Hall–Kier alpha value is -2.59. The number of carbonyl (C=O) groups is 1. The van der Waals surface area contributed by atoms with Crippen molar-refractivity contribution in [2.75, 3.05) is 19.8 Å². The smallest absolute Gasteiger partial charge is 0.338 e. The molecule has 32 heavy (non-hydrogen) atoms. The number of nitriles is 1. The zero-order chi connectivity index (χ0) is 23.6. The van der Waals surface area contributed by atoms with Crippen molar-refractivity contribution >= 4 is 17.6 Å². The Morgan fingerprint density at radius 2 is 2.00 bits per heavy atom. The molecule has 7 heteroatoms. The molecule has 0 spiro atoms. The van der Waals surface area contributed by atoms with Gasteiger partial charge in [0.05, 0.1) is 17.2 Å². The molecule has 0 saturated heterocycles. The maximum Gasteiger partial charge on any atom is 0.338 e. The largest absolute Gasteiger partial charge is 0.489 e. The molecule has 2 aromatic rings. The second-order valence-electron chi connectivity index (χ2n) is 8.19. The van der Waals surface area contributed by atoms with Gasteiger partial charge >= 0.3 is 5.97 Å². The Labute approximate surface area is 195 Å². The van der Waals surface area contributed by atoms with E-state index in [1.165, 1.54) is 0 Å². The van der Waals surface area contributed by atoms with E-state index in [2.05, 4.69) is 19.2 Å². The number of ether oxygens (including phenoxy) is 2. The first kappa shape index (κ1) is 25.7. The van der Waals surface area contributed by atoms with Gasteiger partial charge in [0.1, 0.15) is 30.1 Å². The maximum absolute atomic E-state index is 12.1. The summed E-state index contributed by atoms with van der Waals surface area (Å²) in [7, 11) is 0. The van der Waals surface area contributed by atoms with Crippen LogP contribution in [0.5, 0.6) is 5.75 Å². The fourth-order valence-corrected chi connectivity index (χ4v) is 3.54. The van der Waals surface area contributed by atoms with Crippen LogP contribution in [0.3, 0.4) is 0 Å². The molecule has 0 aliphatic rings. The van der Waals surface area contributed by atoms with E-state index in [-0.39, 0.29) is 23.7 Å². The van der Waals surface area contributed by atoms with Crippen LogP contribution in [0, 0.1) is 11.3 Å². The minimum absolute atomic E-state index is 0.0466. The Kier molecular flexibility index (Phi) is 9.98. The van der Waals surface area contributed by atoms with Crippen molar-refractivity contribution in [3.63, 3.8) is 0 Å². The standard InChI is InChI=1S/C25H31ClN2O4/c1-4-31-24(30)20-11-6-5-9-18(20)10-8-14-25(2,3)28-16-19(29)17-32-23-13-7-12-22(26)21(23)15-27/h5-7,9,11-13,19,28-29H,4,8,10,14,16-17H2,1-3H3. The van der Waals surface area contributed by atoms with Crippen LogP contribution in [0.25, 0.3) is 0 Å². The van der Waals surface area contributed by atoms with Gasteiger partial charge in [-0.1, -0.05) is 35.9 Å². The topological polar surface area (TPSA) is 91.6 Å². The van der Waals surface area contributed by atoms with Crippen molar-refractivity contribution < 1.29 is 19.4 Å². The summed E-state index contributed by atoms with van der Waals surface area (Å²) >= 11 is 6.00. The normalized spacial score (nSPS) is 12.1. The number of halogens is 1. The maximum atomic E-state index is 12.1. The van der Waals surface area contributed by atoms with Crippen LogP contribution in [0.2, 0.25) is 5.02 Å². The van der Waals surface area contributed by atoms with Crippen LogP contribution in [0.1, 0.15) is 55.1 Å². The number of hydrogen-bond donors (Lipinski definition) is 2. The van der Waals surface area contributed by atoms with Crippen molar-refractivity contribution in [2.24, 2.45) is 0 Å². The lowest BCUT2D eigenvalue weighted by atomic mass is 9.94. The van der Waals surface area contributed by atoms with Crippen molar-refractivity contribution in [3.05, 3.63) is 64.2 Å². The van der Waals surface area contributed by atoms with Crippen LogP contribution in [-0.4, -0.2) is 42.5 Å². The zero-order valence-electron chi connectivity index (χ0n) is 18.9. The molecule has 0 bridgehead atoms. The number of nitrogens with one attached hydrogen (secondary N) is 1. The minimum atomic E-state index is -0.746. The van der Waals surface area contributed by atoms with Gasteiger partial charge in [-0.25, -0.2) is 4.79 Å². The number of aliphatic hydroxyl groups excluding tert-OH is 1. The quantitative estimate of drug-likeness (QED) is 0.454. The molecule has 0 radical (unpaired) electrons. The van der Waals surface area contributed by atoms with Gasteiger partial charge in [0, 0.05) is 12.1 Å². The number of aryl methyl sites for hydroxylation is 1. The number of aliphatic hydroxyl groups is 1. The van der Waals surface area contributed by atoms with Gasteiger partial charge in [-0.05, 0) is 63.8 Å². The third-order valence-corrected chi connectivity index (χ3v) is 5.41. The summed E-state index contributed by atoms with van der Waals surface area (Å²) in [4.78, 5) is 12.1. The number of nitrogens with zero attached hydrogens (tertiary/aromatic N) is 1. The predicted molar refractivity (Wildman–Crippen MR) is 125 cm³/mol. The van der Waals surface area contributed by atoms with Gasteiger partial charge in [-0.3, -0.25) is 0 Å². The van der Waals surface area contributed by atoms with Gasteiger partial charge in [0.2, 0.25) is 0 Å². The van der Waals surface area contributed by atoms with Gasteiger partial charge in [0.25, 0.3) is 0 Å². The molecule has 0 fully saturated rings. The number of rotatable bonds is 12. The number of carbonyl (C=O) groups excluding carboxylic acids is 1. The SMILES string of the molecule is CCOC(=O)c1ccccc1CCCC(C)(C)NCC(O)COc1cccc(Cl)c1C#N. The Morgan fingerprint density at radius 1 is 1.25 bits per heavy atom. The Balaban J connectivity index is 1.80. The Morgan fingerprint density at radius 3 is 2.72 bits per heavy atom. The summed E-state index contributed by atoms with van der Waals surface area (Å²) in [6, 6.07) is 14.5. The molecule has 0 heterocycles. The van der Waals surface area contributed by atoms with Crippen LogP contribution >= 0.6 is 11.6 Å². The zero-order valence-corrected chi connectivity index (χ0v) is 19.6. The molecule has 0 aromatic heterocycles. The van der Waals surface area contributed by atoms with Crippen LogP contribution in [-0.2, 0) is 11.2 Å². The molecular weight excluding hydrogens is 428 g/mol. The summed E-state index contributed by atoms with van der Waals surface area (Å²) in [6.07, 6.45) is 1.74. The van der Waals surface area contributed by atoms with Gasteiger partial charge in [0.15, 0.2) is 0 Å². The van der Waals surface area contributed by atoms with E-state index in [0.29, 0.717) is 29.5 Å². The molecule has 0 amide bonds. The average Bonchev–Trinajstić information content (AvgIpc) is 2.76. The summed E-state index contributed by atoms with van der Waals surface area (Å²) in [6.45, 7) is 6.68. The van der Waals surface area contributed by atoms with Crippen molar-refractivity contribution in [3.8, 4) is 11.8 Å². The van der Waals surface area contributed by atoms with Crippen LogP contribution in [0.4, 0.5) is 0 Å². The first-order chi connectivity index (χ1) is 15.3. The highest BCUT2D eigenvalue weighted by atomic mass is 35.5. The summed E-state index contributed by atoms with van der Waals surface area (Å²) in [5, 5.41) is 23.2. The number of esters is 1. The summed E-state index contributed by atoms with van der Waals surface area (Å²) in [5.41, 5.74) is 1.64. The molecule has 1 unspecified atom stereocenters. The van der Waals surface area contributed by atoms with E-state index in [1.54, 1.807) is 31.2 Å². The lowest BCUT2D eigenvalue weighted by molar-refractivity contribution is 0.0525. The highest BCUT2D eigenvalue weighted by Crippen LogP contribution is 2.25. The highest BCUT2D eigenvalue weighted by Gasteiger charge is 2.20. The molecule has 172 valence electrons. The molecular formula is C25H31ClN2O4. The molecule has 0 aliphatic heterocycles. The number of benzene rings is 2. The third kappa shape index (κ3) is 7.83. The van der Waals surface area contributed by atoms with Crippen LogP contribution < -0.4 is 10.1 Å². The minimum Gasteiger partial charge on any atom is -0.489 e. The first-order valence-electron chi connectivity index (χ1n) is 10.8. The Bertz CT molecular complexity index is 940. The monoisotopic (exact) mass is 458 g/mol. The van der Waals surface area contributed by atoms with Gasteiger partial charge in [-0.15, -0.1) is 0 Å². The van der Waals surface area contributed by atoms with E-state index < -0.39 is 6.10 Å². The van der Waals surface area contributed by atoms with Gasteiger partial charge in [-0.2, -0.15) is 5.26 Å². The van der Waals surface area contributed by atoms with E-state index in [0.717, 1.165) is 24.8 Å². The number of β-amino-alcohol motifs (C(OH)–C–C–N with tert-alkyl or cyclic N) is 1. The van der Waals surface area contributed by atoms with E-state index in [9.17, 15) is 15.2 Å². The molecule has 1 atom stereocenters. The van der Waals surface area contributed by atoms with Crippen molar-refractivity contribution in [1.82, 2.24) is 5.32 Å². The van der Waals surface area contributed by atoms with E-state index in [4.69, 9.17) is 21.1 Å². The fourth-order valence-electron chi connectivity index (χ4n) is 3.33. The fraction of sp³-hybridized carbons (Fsp3) is 0.440. The summed E-state index contributed by atoms with van der Waals surface area (Å²) in [5.74, 6) is 0.0708. The molecule has 2 rings (SSSR count). The molecule has 6 nitrogen and oxygen atoms in total. The lowest BCUT2D eigenvalue weighted by Crippen LogP contribution is -2.44. The molecule has 0 saturated carbocycles. The predicted octanol–water partition coefficient (Wildman–Crippen LogP) is 4.52. The van der Waals surface area contributed by atoms with Gasteiger partial charge < -0.3 is 19.9 Å². The molecule has 0 aliphatic carbocycles. The van der Waals surface area contributed by atoms with E-state index in [1.807, 2.05) is 24.3 Å². The van der Waals surface area contributed by atoms with E-state index >= 15 is 0 Å². The molecule has 2 aromatic carbocycles. The van der Waals surface area contributed by atoms with Crippen LogP contribution in [0.15, 0.2) is 42.5 Å². The molecule has 2 N–H and O–H groups in total. The second-order valence-corrected chi connectivity index (χ2v) is 8.59. The van der Waals surface area contributed by atoms with Crippen molar-refractivity contribution in [2.45, 2.75) is 51.7 Å². The van der Waals surface area contributed by atoms with Crippen molar-refractivity contribution in [1.29, 1.82) is 5.26 Å². The lowest BCUT2D eigenvalue weighted by Gasteiger charge is -2.28. The third-order valence-electron chi connectivity index (χ3n) is 5.10. The first-order valence-corrected chi connectivity index (χ1v) is 11.1. The second kappa shape index (κ2) is 12.4. The average molecular weight is 459 g/mol. The summed E-state index contributed by atoms with van der Waals surface area (Å²) < 4.78 is 10.7. The highest BCUT2D eigenvalue weighted by molar-refractivity contribution is 6.31.